The van der Waals surface area contributed by atoms with E-state index in [0.29, 0.717) is 11.4 Å². The van der Waals surface area contributed by atoms with Gasteiger partial charge in [-0.15, -0.1) is 0 Å². The van der Waals surface area contributed by atoms with Crippen LogP contribution in [0.1, 0.15) is 11.1 Å². The van der Waals surface area contributed by atoms with Crippen LogP contribution >= 0.6 is 0 Å². The van der Waals surface area contributed by atoms with Gasteiger partial charge in [0, 0.05) is 43.1 Å². The van der Waals surface area contributed by atoms with Crippen LogP contribution in [-0.4, -0.2) is 9.13 Å². The van der Waals surface area contributed by atoms with Gasteiger partial charge in [0.05, 0.1) is 44.6 Å². The highest BCUT2D eigenvalue weighted by molar-refractivity contribution is 6.23. The van der Waals surface area contributed by atoms with Gasteiger partial charge in [-0.25, -0.2) is 0 Å². The molecule has 0 amide bonds. The molecule has 4 aromatic heterocycles. The van der Waals surface area contributed by atoms with Crippen molar-refractivity contribution in [2.45, 2.75) is 0 Å². The summed E-state index contributed by atoms with van der Waals surface area (Å²) in [6.07, 6.45) is 0. The molecule has 0 aliphatic heterocycles. The zero-order valence-electron chi connectivity index (χ0n) is 26.3. The van der Waals surface area contributed by atoms with Gasteiger partial charge in [-0.3, -0.25) is 0 Å². The Balaban J connectivity index is 1.28. The van der Waals surface area contributed by atoms with Gasteiger partial charge in [-0.1, -0.05) is 84.9 Å². The molecule has 0 N–H and O–H groups in total. The normalized spacial score (nSPS) is 12.0. The van der Waals surface area contributed by atoms with Crippen molar-refractivity contribution in [1.82, 2.24) is 9.13 Å². The Morgan fingerprint density at radius 3 is 1.20 bits per heavy atom. The van der Waals surface area contributed by atoms with Crippen molar-refractivity contribution in [2.75, 3.05) is 0 Å². The van der Waals surface area contributed by atoms with Crippen molar-refractivity contribution in [1.29, 1.82) is 10.5 Å². The van der Waals surface area contributed by atoms with Crippen molar-refractivity contribution in [3.8, 4) is 23.5 Å². The predicted molar refractivity (Wildman–Crippen MR) is 199 cm³/mol. The van der Waals surface area contributed by atoms with Gasteiger partial charge < -0.3 is 18.0 Å². The molecule has 6 heteroatoms. The molecule has 0 bridgehead atoms. The summed E-state index contributed by atoms with van der Waals surface area (Å²) >= 11 is 0. The molecule has 11 rings (SSSR count). The molecule has 230 valence electrons. The molecule has 0 fully saturated rings. The van der Waals surface area contributed by atoms with Crippen LogP contribution < -0.4 is 0 Å². The quantitative estimate of drug-likeness (QED) is 0.189. The van der Waals surface area contributed by atoms with Crippen LogP contribution in [0.5, 0.6) is 0 Å². The van der Waals surface area contributed by atoms with Gasteiger partial charge in [0.2, 0.25) is 0 Å². The highest BCUT2D eigenvalue weighted by Crippen LogP contribution is 2.44. The highest BCUT2D eigenvalue weighted by atomic mass is 16.3. The Kier molecular flexibility index (Phi) is 5.16. The van der Waals surface area contributed by atoms with Crippen molar-refractivity contribution in [2.24, 2.45) is 0 Å². The average Bonchev–Trinajstić information content (AvgIpc) is 3.92. The SMILES string of the molecule is N#Cc1c(-n2c3ccccc3c3ccc4c5ccccc5oc4c32)ccc(-n2c3ccccc3c3ccc4c5ccccc5oc4c32)c1C#N. The summed E-state index contributed by atoms with van der Waals surface area (Å²) in [5, 5.41) is 30.0. The third-order valence-electron chi connectivity index (χ3n) is 10.2. The van der Waals surface area contributed by atoms with Crippen LogP contribution in [0.2, 0.25) is 0 Å². The van der Waals surface area contributed by atoms with E-state index < -0.39 is 0 Å². The van der Waals surface area contributed by atoms with E-state index in [4.69, 9.17) is 8.83 Å². The highest BCUT2D eigenvalue weighted by Gasteiger charge is 2.25. The molecule has 0 spiro atoms. The van der Waals surface area contributed by atoms with E-state index in [0.717, 1.165) is 87.5 Å². The zero-order valence-corrected chi connectivity index (χ0v) is 26.3. The maximum atomic E-state index is 11.0. The van der Waals surface area contributed by atoms with Crippen LogP contribution in [0.3, 0.4) is 0 Å². The first kappa shape index (κ1) is 26.8. The summed E-state index contributed by atoms with van der Waals surface area (Å²) in [5.41, 5.74) is 8.40. The summed E-state index contributed by atoms with van der Waals surface area (Å²) in [6.45, 7) is 0. The number of nitriles is 2. The van der Waals surface area contributed by atoms with E-state index in [9.17, 15) is 10.5 Å². The van der Waals surface area contributed by atoms with Gasteiger partial charge in [-0.05, 0) is 48.5 Å². The summed E-state index contributed by atoms with van der Waals surface area (Å²) in [5.74, 6) is 0. The molecule has 11 aromatic rings. The van der Waals surface area contributed by atoms with Gasteiger partial charge in [-0.2, -0.15) is 10.5 Å². The predicted octanol–water partition coefficient (Wildman–Crippen LogP) is 11.4. The number of furan rings is 2. The molecule has 7 aromatic carbocycles. The maximum absolute atomic E-state index is 11.0. The Morgan fingerprint density at radius 2 is 0.760 bits per heavy atom. The fourth-order valence-electron chi connectivity index (χ4n) is 8.14. The van der Waals surface area contributed by atoms with Crippen molar-refractivity contribution in [3.63, 3.8) is 0 Å². The molecule has 0 atom stereocenters. The fourth-order valence-corrected chi connectivity index (χ4v) is 8.14. The number of rotatable bonds is 2. The van der Waals surface area contributed by atoms with Crippen LogP contribution in [0, 0.1) is 22.7 Å². The fraction of sp³-hybridized carbons (Fsp3) is 0. The van der Waals surface area contributed by atoms with Gasteiger partial charge >= 0.3 is 0 Å². The second kappa shape index (κ2) is 9.64. The largest absolute Gasteiger partial charge is 0.454 e. The van der Waals surface area contributed by atoms with Gasteiger partial charge in [0.25, 0.3) is 0 Å². The van der Waals surface area contributed by atoms with E-state index >= 15 is 0 Å². The Hall–Kier alpha value is -7.28. The first-order valence-electron chi connectivity index (χ1n) is 16.4. The second-order valence-corrected chi connectivity index (χ2v) is 12.7. The Bertz CT molecular complexity index is 3130. The van der Waals surface area contributed by atoms with Gasteiger partial charge in [0.1, 0.15) is 23.3 Å². The number of para-hydroxylation sites is 4. The average molecular weight is 639 g/mol. The molecule has 0 aliphatic carbocycles. The molecule has 4 heterocycles. The third-order valence-corrected chi connectivity index (χ3v) is 10.2. The first-order chi connectivity index (χ1) is 24.7. The molecule has 0 aliphatic rings. The monoisotopic (exact) mass is 638 g/mol. The molecule has 6 nitrogen and oxygen atoms in total. The molecule has 50 heavy (non-hydrogen) atoms. The summed E-state index contributed by atoms with van der Waals surface area (Å²) in [7, 11) is 0. The minimum Gasteiger partial charge on any atom is -0.454 e. The third kappa shape index (κ3) is 3.29. The molecule has 0 unspecified atom stereocenters. The molecular formula is C44H22N4O2. The van der Waals surface area contributed by atoms with Crippen LogP contribution in [0.25, 0.3) is 98.9 Å². The van der Waals surface area contributed by atoms with Crippen molar-refractivity contribution >= 4 is 87.5 Å². The van der Waals surface area contributed by atoms with Crippen LogP contribution in [0.4, 0.5) is 0 Å². The van der Waals surface area contributed by atoms with E-state index in [1.807, 2.05) is 72.8 Å². The molecule has 0 radical (unpaired) electrons. The summed E-state index contributed by atoms with van der Waals surface area (Å²) in [6, 6.07) is 49.6. The number of fused-ring (bicyclic) bond motifs is 14. The molecular weight excluding hydrogens is 617 g/mol. The number of benzene rings is 7. The van der Waals surface area contributed by atoms with Crippen LogP contribution in [0.15, 0.2) is 142 Å². The van der Waals surface area contributed by atoms with Crippen LogP contribution in [-0.2, 0) is 0 Å². The van der Waals surface area contributed by atoms with Gasteiger partial charge in [0.15, 0.2) is 11.2 Å². The Morgan fingerprint density at radius 1 is 0.380 bits per heavy atom. The van der Waals surface area contributed by atoms with E-state index in [-0.39, 0.29) is 11.1 Å². The molecule has 0 saturated carbocycles. The molecule has 0 saturated heterocycles. The van der Waals surface area contributed by atoms with E-state index in [2.05, 4.69) is 81.9 Å². The van der Waals surface area contributed by atoms with E-state index in [1.54, 1.807) is 0 Å². The number of hydrogen-bond donors (Lipinski definition) is 0. The Labute approximate surface area is 283 Å². The lowest BCUT2D eigenvalue weighted by atomic mass is 10.0. The minimum absolute atomic E-state index is 0.281. The zero-order chi connectivity index (χ0) is 33.1. The lowest BCUT2D eigenvalue weighted by Gasteiger charge is -2.16. The second-order valence-electron chi connectivity index (χ2n) is 12.7. The smallest absolute Gasteiger partial charge is 0.160 e. The first-order valence-corrected chi connectivity index (χ1v) is 16.4. The standard InChI is InChI=1S/C44H22N4O2/c45-23-33-34(24-46)38(48-36-14-6-2-10-26(36)30-18-20-32-28-12-4-8-16-40(28)50-44(32)42(30)48)22-21-37(33)47-35-13-5-1-9-25(35)29-17-19-31-27-11-3-7-15-39(27)49-43(31)41(29)47/h1-22H. The van der Waals surface area contributed by atoms with Crippen molar-refractivity contribution in [3.05, 3.63) is 145 Å². The number of nitrogens with zero attached hydrogens (tertiary/aromatic N) is 4. The lowest BCUT2D eigenvalue weighted by Crippen LogP contribution is -2.05. The van der Waals surface area contributed by atoms with Crippen molar-refractivity contribution < 1.29 is 8.83 Å². The maximum Gasteiger partial charge on any atom is 0.160 e. The lowest BCUT2D eigenvalue weighted by molar-refractivity contribution is 0.670. The number of aromatic nitrogens is 2. The minimum atomic E-state index is 0.281. The van der Waals surface area contributed by atoms with E-state index in [1.165, 1.54) is 0 Å². The topological polar surface area (TPSA) is 83.7 Å². The summed E-state index contributed by atoms with van der Waals surface area (Å²) < 4.78 is 17.3. The summed E-state index contributed by atoms with van der Waals surface area (Å²) in [4.78, 5) is 0. The number of hydrogen-bond acceptors (Lipinski definition) is 4.